The van der Waals surface area contributed by atoms with Crippen LogP contribution in [0.15, 0.2) is 46.0 Å². The molecule has 0 aliphatic heterocycles. The molecule has 2 aromatic rings. The van der Waals surface area contributed by atoms with Gasteiger partial charge in [-0.2, -0.15) is 0 Å². The molecular weight excluding hydrogens is 266 g/mol. The van der Waals surface area contributed by atoms with Crippen LogP contribution in [0.2, 0.25) is 0 Å². The van der Waals surface area contributed by atoms with Gasteiger partial charge >= 0.3 is 0 Å². The number of nitrogens with one attached hydrogen (secondary N) is 2. The van der Waals surface area contributed by atoms with E-state index in [9.17, 15) is 8.42 Å². The zero-order valence-corrected chi connectivity index (χ0v) is 11.3. The maximum atomic E-state index is 12.0. The zero-order chi connectivity index (χ0) is 13.7. The van der Waals surface area contributed by atoms with Crippen LogP contribution in [0, 0.1) is 0 Å². The lowest BCUT2D eigenvalue weighted by Gasteiger charge is -2.11. The van der Waals surface area contributed by atoms with E-state index in [1.165, 1.54) is 6.26 Å². The van der Waals surface area contributed by atoms with Crippen molar-refractivity contribution in [1.82, 2.24) is 9.88 Å². The van der Waals surface area contributed by atoms with Gasteiger partial charge in [-0.1, -0.05) is 24.2 Å². The first-order valence-corrected chi connectivity index (χ1v) is 7.33. The number of para-hydroxylation sites is 1. The van der Waals surface area contributed by atoms with Gasteiger partial charge in [0.15, 0.2) is 0 Å². The van der Waals surface area contributed by atoms with E-state index in [-0.39, 0.29) is 4.90 Å². The minimum absolute atomic E-state index is 0.223. The maximum Gasteiger partial charge on any atom is 0.242 e. The van der Waals surface area contributed by atoms with Crippen molar-refractivity contribution in [3.63, 3.8) is 0 Å². The fourth-order valence-corrected chi connectivity index (χ4v) is 2.85. The summed E-state index contributed by atoms with van der Waals surface area (Å²) in [4.78, 5) is 0.223. The molecule has 0 fully saturated rings. The number of sulfonamides is 1. The van der Waals surface area contributed by atoms with Crippen molar-refractivity contribution >= 4 is 15.7 Å². The standard InChI is InChI=1S/C12H15N3O3S/c1-2-14-19(16,17)12-6-4-3-5-11(12)13-9-10-7-8-18-15-10/h3-8,13-14H,2,9H2,1H3. The summed E-state index contributed by atoms with van der Waals surface area (Å²) >= 11 is 0. The topological polar surface area (TPSA) is 84.2 Å². The molecule has 6 nitrogen and oxygen atoms in total. The molecule has 0 aliphatic rings. The molecular formula is C12H15N3O3S. The quantitative estimate of drug-likeness (QED) is 0.840. The Morgan fingerprint density at radius 1 is 1.26 bits per heavy atom. The summed E-state index contributed by atoms with van der Waals surface area (Å²) in [6.07, 6.45) is 1.47. The van der Waals surface area contributed by atoms with Crippen molar-refractivity contribution < 1.29 is 12.9 Å². The second-order valence-corrected chi connectivity index (χ2v) is 5.58. The molecule has 0 radical (unpaired) electrons. The van der Waals surface area contributed by atoms with Crippen LogP contribution in [0.1, 0.15) is 12.6 Å². The van der Waals surface area contributed by atoms with Crippen molar-refractivity contribution in [1.29, 1.82) is 0 Å². The first-order chi connectivity index (χ1) is 9.13. The van der Waals surface area contributed by atoms with Crippen molar-refractivity contribution in [2.24, 2.45) is 0 Å². The molecule has 102 valence electrons. The molecule has 0 aliphatic carbocycles. The number of benzene rings is 1. The first kappa shape index (κ1) is 13.6. The average Bonchev–Trinajstić information content (AvgIpc) is 2.90. The van der Waals surface area contributed by atoms with Gasteiger partial charge in [-0.25, -0.2) is 13.1 Å². The van der Waals surface area contributed by atoms with Gasteiger partial charge in [0, 0.05) is 12.6 Å². The second-order valence-electron chi connectivity index (χ2n) is 3.84. The molecule has 0 amide bonds. The number of hydrogen-bond acceptors (Lipinski definition) is 5. The molecule has 0 bridgehead atoms. The molecule has 7 heteroatoms. The number of anilines is 1. The highest BCUT2D eigenvalue weighted by atomic mass is 32.2. The van der Waals surface area contributed by atoms with Crippen LogP contribution in [0.4, 0.5) is 5.69 Å². The fourth-order valence-electron chi connectivity index (χ4n) is 1.63. The first-order valence-electron chi connectivity index (χ1n) is 5.85. The van der Waals surface area contributed by atoms with Crippen LogP contribution in [0.5, 0.6) is 0 Å². The Labute approximate surface area is 111 Å². The van der Waals surface area contributed by atoms with Gasteiger partial charge < -0.3 is 9.84 Å². The Morgan fingerprint density at radius 2 is 2.05 bits per heavy atom. The number of aromatic nitrogens is 1. The predicted molar refractivity (Wildman–Crippen MR) is 71.1 cm³/mol. The normalized spacial score (nSPS) is 11.4. The summed E-state index contributed by atoms with van der Waals surface area (Å²) in [5.41, 5.74) is 1.24. The van der Waals surface area contributed by atoms with E-state index in [0.29, 0.717) is 24.5 Å². The lowest BCUT2D eigenvalue weighted by atomic mass is 10.3. The molecule has 0 saturated heterocycles. The second kappa shape index (κ2) is 5.85. The largest absolute Gasteiger partial charge is 0.378 e. The highest BCUT2D eigenvalue weighted by Crippen LogP contribution is 2.21. The Hall–Kier alpha value is -1.86. The summed E-state index contributed by atoms with van der Waals surface area (Å²) in [7, 11) is -3.49. The highest BCUT2D eigenvalue weighted by molar-refractivity contribution is 7.89. The van der Waals surface area contributed by atoms with Gasteiger partial charge in [0.25, 0.3) is 0 Å². The summed E-state index contributed by atoms with van der Waals surface area (Å²) < 4.78 is 31.2. The van der Waals surface area contributed by atoms with Gasteiger partial charge in [-0.15, -0.1) is 0 Å². The predicted octanol–water partition coefficient (Wildman–Crippen LogP) is 1.58. The van der Waals surface area contributed by atoms with E-state index in [2.05, 4.69) is 15.2 Å². The molecule has 0 atom stereocenters. The van der Waals surface area contributed by atoms with Gasteiger partial charge in [0.2, 0.25) is 10.0 Å². The van der Waals surface area contributed by atoms with E-state index < -0.39 is 10.0 Å². The molecule has 1 aromatic heterocycles. The van der Waals surface area contributed by atoms with Crippen LogP contribution in [0.3, 0.4) is 0 Å². The van der Waals surface area contributed by atoms with Gasteiger partial charge in [0.05, 0.1) is 12.2 Å². The summed E-state index contributed by atoms with van der Waals surface area (Å²) in [5, 5.41) is 6.80. The Kier molecular flexibility index (Phi) is 4.18. The molecule has 1 aromatic carbocycles. The minimum atomic E-state index is -3.49. The molecule has 2 N–H and O–H groups in total. The summed E-state index contributed by atoms with van der Waals surface area (Å²) in [5.74, 6) is 0. The lowest BCUT2D eigenvalue weighted by molar-refractivity contribution is 0.412. The van der Waals surface area contributed by atoms with Gasteiger partial charge in [-0.05, 0) is 12.1 Å². The van der Waals surface area contributed by atoms with Crippen LogP contribution in [-0.4, -0.2) is 20.1 Å². The Bertz CT molecular complexity index is 623. The summed E-state index contributed by atoms with van der Waals surface area (Å²) in [6.45, 7) is 2.48. The molecule has 0 saturated carbocycles. The highest BCUT2D eigenvalue weighted by Gasteiger charge is 2.16. The monoisotopic (exact) mass is 281 g/mol. The molecule has 0 unspecified atom stereocenters. The Morgan fingerprint density at radius 3 is 2.74 bits per heavy atom. The Balaban J connectivity index is 2.21. The van der Waals surface area contributed by atoms with E-state index in [1.807, 2.05) is 0 Å². The molecule has 1 heterocycles. The van der Waals surface area contributed by atoms with E-state index in [0.717, 1.165) is 0 Å². The van der Waals surface area contributed by atoms with E-state index in [4.69, 9.17) is 4.52 Å². The maximum absolute atomic E-state index is 12.0. The van der Waals surface area contributed by atoms with Crippen LogP contribution in [-0.2, 0) is 16.6 Å². The molecule has 0 spiro atoms. The van der Waals surface area contributed by atoms with Crippen molar-refractivity contribution in [3.8, 4) is 0 Å². The summed E-state index contributed by atoms with van der Waals surface area (Å²) in [6, 6.07) is 8.45. The van der Waals surface area contributed by atoms with E-state index in [1.54, 1.807) is 37.3 Å². The third kappa shape index (κ3) is 3.33. The molecule has 2 rings (SSSR count). The van der Waals surface area contributed by atoms with Gasteiger partial charge in [0.1, 0.15) is 16.9 Å². The van der Waals surface area contributed by atoms with E-state index >= 15 is 0 Å². The van der Waals surface area contributed by atoms with Crippen molar-refractivity contribution in [2.45, 2.75) is 18.4 Å². The minimum Gasteiger partial charge on any atom is -0.378 e. The third-order valence-electron chi connectivity index (χ3n) is 2.46. The fraction of sp³-hybridized carbons (Fsp3) is 0.250. The van der Waals surface area contributed by atoms with Gasteiger partial charge in [-0.3, -0.25) is 0 Å². The van der Waals surface area contributed by atoms with Crippen molar-refractivity contribution in [3.05, 3.63) is 42.3 Å². The van der Waals surface area contributed by atoms with Crippen LogP contribution >= 0.6 is 0 Å². The van der Waals surface area contributed by atoms with Crippen LogP contribution in [0.25, 0.3) is 0 Å². The number of rotatable bonds is 6. The third-order valence-corrected chi connectivity index (χ3v) is 4.07. The zero-order valence-electron chi connectivity index (χ0n) is 10.5. The number of nitrogens with zero attached hydrogens (tertiary/aromatic N) is 1. The lowest BCUT2D eigenvalue weighted by Crippen LogP contribution is -2.24. The van der Waals surface area contributed by atoms with Crippen molar-refractivity contribution in [2.75, 3.05) is 11.9 Å². The smallest absolute Gasteiger partial charge is 0.242 e. The number of hydrogen-bond donors (Lipinski definition) is 2. The van der Waals surface area contributed by atoms with Crippen LogP contribution < -0.4 is 10.0 Å². The average molecular weight is 281 g/mol. The molecule has 19 heavy (non-hydrogen) atoms. The SMILES string of the molecule is CCNS(=O)(=O)c1ccccc1NCc1ccon1.